The topological polar surface area (TPSA) is 121 Å². The van der Waals surface area contributed by atoms with E-state index in [1.54, 1.807) is 38.4 Å². The number of para-hydroxylation sites is 1. The Morgan fingerprint density at radius 2 is 2.02 bits per heavy atom. The van der Waals surface area contributed by atoms with Gasteiger partial charge in [-0.2, -0.15) is 0 Å². The predicted octanol–water partition coefficient (Wildman–Crippen LogP) is 5.63. The molecule has 13 heteroatoms. The largest absolute Gasteiger partial charge is 0.444 e. The Morgan fingerprint density at radius 3 is 2.76 bits per heavy atom. The number of methoxy groups -OCH3 is 1. The Bertz CT molecular complexity index is 1930. The van der Waals surface area contributed by atoms with Crippen LogP contribution in [0.5, 0.6) is 11.5 Å². The lowest BCUT2D eigenvalue weighted by Gasteiger charge is -2.32. The summed E-state index contributed by atoms with van der Waals surface area (Å²) in [5.74, 6) is 0.280. The maximum absolute atomic E-state index is 14.8. The number of nitrogens with zero attached hydrogens (tertiary/aromatic N) is 5. The van der Waals surface area contributed by atoms with E-state index in [4.69, 9.17) is 30.8 Å². The SMILES string of the molecule is COC(C)Cn1c(CN2CCC(c3cccc4c3O[C@@](C)(c3ccc(Cl)cc3F)O4)CC2)nc2cc(-c3noc(=O)[nH]3)ncc21. The second-order valence-electron chi connectivity index (χ2n) is 11.7. The van der Waals surface area contributed by atoms with Gasteiger partial charge in [-0.15, -0.1) is 0 Å². The quantitative estimate of drug-likeness (QED) is 0.232. The van der Waals surface area contributed by atoms with Gasteiger partial charge in [0.15, 0.2) is 11.5 Å². The zero-order valence-corrected chi connectivity index (χ0v) is 25.8. The molecule has 2 aliphatic rings. The molecule has 2 aromatic carbocycles. The van der Waals surface area contributed by atoms with Crippen LogP contribution in [0.3, 0.4) is 0 Å². The molecule has 0 radical (unpaired) electrons. The predicted molar refractivity (Wildman–Crippen MR) is 164 cm³/mol. The van der Waals surface area contributed by atoms with Gasteiger partial charge in [-0.3, -0.25) is 19.4 Å². The van der Waals surface area contributed by atoms with E-state index >= 15 is 0 Å². The Labute approximate surface area is 262 Å². The molecule has 3 aromatic heterocycles. The molecule has 234 valence electrons. The van der Waals surface area contributed by atoms with Crippen molar-refractivity contribution in [2.75, 3.05) is 20.2 Å². The zero-order valence-electron chi connectivity index (χ0n) is 25.0. The van der Waals surface area contributed by atoms with Crippen molar-refractivity contribution in [3.05, 3.63) is 87.0 Å². The van der Waals surface area contributed by atoms with Gasteiger partial charge in [-0.05, 0) is 69.1 Å². The van der Waals surface area contributed by atoms with Crippen molar-refractivity contribution in [3.8, 4) is 23.0 Å². The van der Waals surface area contributed by atoms with Gasteiger partial charge in [0.2, 0.25) is 5.82 Å². The van der Waals surface area contributed by atoms with Crippen LogP contribution in [-0.4, -0.2) is 55.9 Å². The van der Waals surface area contributed by atoms with Crippen molar-refractivity contribution in [2.24, 2.45) is 0 Å². The number of nitrogens with one attached hydrogen (secondary N) is 1. The van der Waals surface area contributed by atoms with Crippen LogP contribution >= 0.6 is 11.6 Å². The van der Waals surface area contributed by atoms with E-state index in [-0.39, 0.29) is 17.8 Å². The van der Waals surface area contributed by atoms with Crippen LogP contribution in [0.25, 0.3) is 22.6 Å². The first kappa shape index (κ1) is 29.5. The Kier molecular flexibility index (Phi) is 7.58. The van der Waals surface area contributed by atoms with Crippen molar-refractivity contribution >= 4 is 22.6 Å². The zero-order chi connectivity index (χ0) is 31.3. The Morgan fingerprint density at radius 1 is 1.20 bits per heavy atom. The van der Waals surface area contributed by atoms with Gasteiger partial charge in [0, 0.05) is 24.6 Å². The van der Waals surface area contributed by atoms with E-state index in [9.17, 15) is 9.18 Å². The average molecular weight is 635 g/mol. The molecule has 1 saturated heterocycles. The highest BCUT2D eigenvalue weighted by molar-refractivity contribution is 6.30. The highest BCUT2D eigenvalue weighted by Crippen LogP contribution is 2.49. The summed E-state index contributed by atoms with van der Waals surface area (Å²) < 4.78 is 39.8. The number of fused-ring (bicyclic) bond motifs is 2. The van der Waals surface area contributed by atoms with Gasteiger partial charge >= 0.3 is 5.76 Å². The van der Waals surface area contributed by atoms with E-state index in [0.717, 1.165) is 48.4 Å². The molecule has 1 fully saturated rings. The fraction of sp³-hybridized carbons (Fsp3) is 0.375. The van der Waals surface area contributed by atoms with Gasteiger partial charge in [0.05, 0.1) is 42.0 Å². The van der Waals surface area contributed by atoms with Crippen LogP contribution < -0.4 is 15.2 Å². The second-order valence-corrected chi connectivity index (χ2v) is 12.1. The summed E-state index contributed by atoms with van der Waals surface area (Å²) in [6.07, 6.45) is 3.52. The smallest absolute Gasteiger partial charge is 0.439 e. The van der Waals surface area contributed by atoms with Gasteiger partial charge in [-0.1, -0.05) is 28.9 Å². The number of benzene rings is 2. The van der Waals surface area contributed by atoms with Crippen molar-refractivity contribution in [2.45, 2.75) is 57.6 Å². The number of aromatic nitrogens is 5. The van der Waals surface area contributed by atoms with E-state index < -0.39 is 17.4 Å². The molecule has 45 heavy (non-hydrogen) atoms. The fourth-order valence-electron chi connectivity index (χ4n) is 6.24. The molecule has 0 bridgehead atoms. The summed E-state index contributed by atoms with van der Waals surface area (Å²) >= 11 is 5.98. The molecule has 5 heterocycles. The number of rotatable bonds is 8. The number of likely N-dealkylation sites (tertiary alicyclic amines) is 1. The lowest BCUT2D eigenvalue weighted by atomic mass is 9.88. The number of halogens is 2. The number of hydrogen-bond acceptors (Lipinski definition) is 9. The highest BCUT2D eigenvalue weighted by Gasteiger charge is 2.43. The first-order valence-corrected chi connectivity index (χ1v) is 15.2. The summed E-state index contributed by atoms with van der Waals surface area (Å²) in [6, 6.07) is 12.2. The monoisotopic (exact) mass is 634 g/mol. The summed E-state index contributed by atoms with van der Waals surface area (Å²) in [5.41, 5.74) is 3.45. The first-order valence-electron chi connectivity index (χ1n) is 14.8. The van der Waals surface area contributed by atoms with Crippen LogP contribution in [0.2, 0.25) is 5.02 Å². The summed E-state index contributed by atoms with van der Waals surface area (Å²) in [5, 5.41) is 4.07. The molecule has 7 rings (SSSR count). The maximum Gasteiger partial charge on any atom is 0.439 e. The molecule has 2 aliphatic heterocycles. The minimum absolute atomic E-state index is 0.0344. The van der Waals surface area contributed by atoms with Crippen LogP contribution in [0.4, 0.5) is 4.39 Å². The minimum atomic E-state index is -1.29. The van der Waals surface area contributed by atoms with Crippen molar-refractivity contribution in [3.63, 3.8) is 0 Å². The molecule has 0 saturated carbocycles. The van der Waals surface area contributed by atoms with Crippen molar-refractivity contribution < 1.29 is 23.1 Å². The van der Waals surface area contributed by atoms with E-state index in [2.05, 4.69) is 35.2 Å². The molecular formula is C32H32ClFN6O5. The molecule has 1 unspecified atom stereocenters. The van der Waals surface area contributed by atoms with E-state index in [1.165, 1.54) is 6.07 Å². The van der Waals surface area contributed by atoms with Crippen LogP contribution in [0.1, 0.15) is 49.6 Å². The molecular weight excluding hydrogens is 603 g/mol. The van der Waals surface area contributed by atoms with Crippen LogP contribution in [-0.2, 0) is 23.6 Å². The molecule has 0 aliphatic carbocycles. The second kappa shape index (κ2) is 11.6. The number of H-pyrrole nitrogens is 1. The minimum Gasteiger partial charge on any atom is -0.444 e. The number of hydrogen-bond donors (Lipinski definition) is 1. The number of aromatic amines is 1. The third-order valence-corrected chi connectivity index (χ3v) is 8.90. The third-order valence-electron chi connectivity index (χ3n) is 8.66. The Balaban J connectivity index is 1.09. The van der Waals surface area contributed by atoms with Gasteiger partial charge in [-0.25, -0.2) is 14.2 Å². The maximum atomic E-state index is 14.8. The van der Waals surface area contributed by atoms with Crippen LogP contribution in [0.15, 0.2) is 58.0 Å². The van der Waals surface area contributed by atoms with Crippen LogP contribution in [0, 0.1) is 5.82 Å². The van der Waals surface area contributed by atoms with Gasteiger partial charge < -0.3 is 18.8 Å². The fourth-order valence-corrected chi connectivity index (χ4v) is 6.40. The number of ether oxygens (including phenoxy) is 3. The number of piperidine rings is 1. The number of imidazole rings is 1. The lowest BCUT2D eigenvalue weighted by Crippen LogP contribution is -2.34. The molecule has 2 atom stereocenters. The van der Waals surface area contributed by atoms with Crippen molar-refractivity contribution in [1.82, 2.24) is 29.6 Å². The number of pyridine rings is 1. The summed E-state index contributed by atoms with van der Waals surface area (Å²) in [6.45, 7) is 6.70. The van der Waals surface area contributed by atoms with Gasteiger partial charge in [0.1, 0.15) is 17.3 Å². The van der Waals surface area contributed by atoms with Crippen molar-refractivity contribution in [1.29, 1.82) is 0 Å². The third kappa shape index (κ3) is 5.58. The summed E-state index contributed by atoms with van der Waals surface area (Å²) in [7, 11) is 1.69. The Hall–Kier alpha value is -4.26. The first-order chi connectivity index (χ1) is 21.7. The van der Waals surface area contributed by atoms with E-state index in [1.807, 2.05) is 19.1 Å². The molecule has 5 aromatic rings. The summed E-state index contributed by atoms with van der Waals surface area (Å²) in [4.78, 5) is 25.9. The molecule has 1 N–H and O–H groups in total. The standard InChI is InChI=1S/C32H32ClFN6O5/c1-18(42-3)16-40-26-15-35-25(30-37-31(41)45-38-30)14-24(26)36-28(40)17-39-11-9-19(10-12-39)21-5-4-6-27-29(21)44-32(2,43-27)22-8-7-20(33)13-23(22)34/h4-8,13-15,18-19H,9-12,16-17H2,1-3H3,(H,37,38,41)/t18?,32-/m0/s1. The van der Waals surface area contributed by atoms with E-state index in [0.29, 0.717) is 40.9 Å². The molecule has 11 nitrogen and oxygen atoms in total. The highest BCUT2D eigenvalue weighted by atomic mass is 35.5. The molecule has 0 amide bonds. The van der Waals surface area contributed by atoms with Gasteiger partial charge in [0.25, 0.3) is 5.79 Å². The average Bonchev–Trinajstić information content (AvgIpc) is 3.71. The normalized spacial score (nSPS) is 19.4. The molecule has 0 spiro atoms. The lowest BCUT2D eigenvalue weighted by molar-refractivity contribution is -0.0712.